The second-order valence-corrected chi connectivity index (χ2v) is 11.0. The van der Waals surface area contributed by atoms with Gasteiger partial charge in [0.15, 0.2) is 10.8 Å². The number of thioether (sulfide) groups is 1. The third kappa shape index (κ3) is 5.53. The highest BCUT2D eigenvalue weighted by molar-refractivity contribution is 8.00. The number of fused-ring (bicyclic) bond motifs is 1. The van der Waals surface area contributed by atoms with Crippen LogP contribution in [0.2, 0.25) is 0 Å². The van der Waals surface area contributed by atoms with E-state index in [1.165, 1.54) is 31.0 Å². The van der Waals surface area contributed by atoms with Crippen LogP contribution in [0.3, 0.4) is 0 Å². The summed E-state index contributed by atoms with van der Waals surface area (Å²) in [5.41, 5.74) is 4.66. The molecule has 4 rings (SSSR count). The van der Waals surface area contributed by atoms with Crippen molar-refractivity contribution in [3.05, 3.63) is 63.8 Å². The molecule has 0 aliphatic carbocycles. The summed E-state index contributed by atoms with van der Waals surface area (Å²) in [5.74, 6) is -3.97. The number of carbonyl (C=O) groups excluding carboxylic acids is 2. The lowest BCUT2D eigenvalue weighted by atomic mass is 10.0. The minimum absolute atomic E-state index is 0.0114. The van der Waals surface area contributed by atoms with Crippen LogP contribution >= 0.6 is 23.1 Å². The fraction of sp³-hybridized carbons (Fsp3) is 0.240. The highest BCUT2D eigenvalue weighted by Crippen LogP contribution is 2.41. The van der Waals surface area contributed by atoms with E-state index in [2.05, 4.69) is 21.5 Å². The van der Waals surface area contributed by atoms with Crippen LogP contribution in [0.15, 0.2) is 52.1 Å². The molecule has 0 radical (unpaired) electrons. The normalized spacial score (nSPS) is 19.1. The molecule has 15 heteroatoms. The summed E-state index contributed by atoms with van der Waals surface area (Å²) < 4.78 is 0. The van der Waals surface area contributed by atoms with Crippen LogP contribution in [0, 0.1) is 11.3 Å². The van der Waals surface area contributed by atoms with Crippen molar-refractivity contribution in [1.29, 1.82) is 5.26 Å². The Morgan fingerprint density at radius 2 is 2.02 bits per heavy atom. The Labute approximate surface area is 235 Å². The molecule has 1 aromatic carbocycles. The largest absolute Gasteiger partial charge is 0.478 e. The molecule has 206 valence electrons. The van der Waals surface area contributed by atoms with Gasteiger partial charge in [0, 0.05) is 11.1 Å². The first-order valence-corrected chi connectivity index (χ1v) is 13.5. The number of nitrogens with zero attached hydrogens (tertiary/aromatic N) is 4. The molecule has 2 amide bonds. The molecule has 40 heavy (non-hydrogen) atoms. The predicted molar refractivity (Wildman–Crippen MR) is 146 cm³/mol. The number of hydrogen-bond donors (Lipinski definition) is 4. The van der Waals surface area contributed by atoms with Crippen molar-refractivity contribution >= 4 is 63.8 Å². The molecule has 0 spiro atoms. The number of hydrogen-bond acceptors (Lipinski definition) is 11. The second-order valence-electron chi connectivity index (χ2n) is 8.99. The first-order valence-electron chi connectivity index (χ1n) is 11.5. The lowest BCUT2D eigenvalue weighted by Gasteiger charge is -2.49. The molecule has 1 aromatic heterocycles. The average Bonchev–Trinajstić information content (AvgIpc) is 3.35. The second kappa shape index (κ2) is 11.2. The number of amides is 2. The maximum atomic E-state index is 13.2. The van der Waals surface area contributed by atoms with Gasteiger partial charge in [-0.25, -0.2) is 14.6 Å². The molecule has 0 bridgehead atoms. The van der Waals surface area contributed by atoms with Crippen molar-refractivity contribution in [1.82, 2.24) is 15.2 Å². The number of nitrogens with one attached hydrogen (secondary N) is 1. The smallest absolute Gasteiger partial charge is 0.352 e. The molecule has 5 N–H and O–H groups in total. The average molecular weight is 583 g/mol. The molecule has 2 aliphatic rings. The van der Waals surface area contributed by atoms with Gasteiger partial charge in [0.05, 0.1) is 11.6 Å². The number of carboxylic acids is 2. The van der Waals surface area contributed by atoms with Crippen molar-refractivity contribution in [2.45, 2.75) is 30.9 Å². The molecule has 13 nitrogen and oxygen atoms in total. The number of rotatable bonds is 9. The third-order valence-electron chi connectivity index (χ3n) is 5.89. The van der Waals surface area contributed by atoms with Crippen molar-refractivity contribution in [3.63, 3.8) is 0 Å². The number of anilines is 1. The van der Waals surface area contributed by atoms with Crippen LogP contribution in [0.1, 0.15) is 30.7 Å². The van der Waals surface area contributed by atoms with Gasteiger partial charge < -0.3 is 26.1 Å². The maximum Gasteiger partial charge on any atom is 0.352 e. The van der Waals surface area contributed by atoms with Gasteiger partial charge >= 0.3 is 11.9 Å². The standard InChI is InChI=1S/C25H22N6O7S2/c1-25(2,23(36)37)38-30-16(15-11-40-24(27)28-15)19(32)29-17-20(33)31-18(22(34)35)14(10-39-21(17)31)8-7-12-5-3-4-6-13(12)9-26/h3-8,11,17,21H,10H2,1-2H3,(H2,27,28)(H,29,32)(H,34,35)(H,36,37)/t17?,21-/m1/s1. The quantitative estimate of drug-likeness (QED) is 0.190. The third-order valence-corrected chi connectivity index (χ3v) is 7.87. The van der Waals surface area contributed by atoms with Gasteiger partial charge in [0.2, 0.25) is 5.60 Å². The monoisotopic (exact) mass is 582 g/mol. The Hall–Kier alpha value is -4.68. The summed E-state index contributed by atoms with van der Waals surface area (Å²) in [5, 5.41) is 35.6. The van der Waals surface area contributed by atoms with Crippen LogP contribution in [0.5, 0.6) is 0 Å². The zero-order chi connectivity index (χ0) is 29.2. The minimum atomic E-state index is -1.77. The van der Waals surface area contributed by atoms with Gasteiger partial charge in [-0.2, -0.15) is 5.26 Å². The minimum Gasteiger partial charge on any atom is -0.478 e. The number of carbonyl (C=O) groups is 4. The summed E-state index contributed by atoms with van der Waals surface area (Å²) >= 11 is 2.26. The molecule has 1 unspecified atom stereocenters. The van der Waals surface area contributed by atoms with E-state index in [4.69, 9.17) is 10.6 Å². The predicted octanol–water partition coefficient (Wildman–Crippen LogP) is 1.63. The Balaban J connectivity index is 1.57. The molecule has 2 aliphatic heterocycles. The van der Waals surface area contributed by atoms with Gasteiger partial charge in [0.25, 0.3) is 11.8 Å². The van der Waals surface area contributed by atoms with E-state index in [-0.39, 0.29) is 22.3 Å². The van der Waals surface area contributed by atoms with Crippen LogP contribution in [0.4, 0.5) is 5.13 Å². The van der Waals surface area contributed by atoms with E-state index in [0.717, 1.165) is 16.2 Å². The number of aliphatic carboxylic acids is 2. The summed E-state index contributed by atoms with van der Waals surface area (Å²) in [6.45, 7) is 2.47. The summed E-state index contributed by atoms with van der Waals surface area (Å²) in [6.07, 6.45) is 3.17. The van der Waals surface area contributed by atoms with Crippen LogP contribution in [0.25, 0.3) is 6.08 Å². The zero-order valence-electron chi connectivity index (χ0n) is 21.0. The number of nitrogens with two attached hydrogens (primary N) is 1. The Morgan fingerprint density at radius 3 is 2.65 bits per heavy atom. The van der Waals surface area contributed by atoms with Crippen LogP contribution in [-0.4, -0.2) is 72.3 Å². The molecule has 1 fully saturated rings. The van der Waals surface area contributed by atoms with Crippen molar-refractivity contribution < 1.29 is 34.2 Å². The van der Waals surface area contributed by atoms with Crippen molar-refractivity contribution in [3.8, 4) is 6.07 Å². The molecule has 2 aromatic rings. The maximum absolute atomic E-state index is 13.2. The summed E-state index contributed by atoms with van der Waals surface area (Å²) in [6, 6.07) is 7.78. The number of carboxylic acid groups (broad SMARTS) is 2. The number of benzene rings is 1. The molecular weight excluding hydrogens is 560 g/mol. The number of aromatic nitrogens is 1. The van der Waals surface area contributed by atoms with Crippen LogP contribution < -0.4 is 11.1 Å². The van der Waals surface area contributed by atoms with E-state index >= 15 is 0 Å². The molecular formula is C25H22N6O7S2. The van der Waals surface area contributed by atoms with E-state index in [9.17, 15) is 34.7 Å². The number of nitriles is 1. The van der Waals surface area contributed by atoms with Gasteiger partial charge in [0.1, 0.15) is 22.8 Å². The van der Waals surface area contributed by atoms with Crippen molar-refractivity contribution in [2.75, 3.05) is 11.5 Å². The highest BCUT2D eigenvalue weighted by Gasteiger charge is 2.54. The number of allylic oxidation sites excluding steroid dienone is 1. The molecule has 1 saturated heterocycles. The summed E-state index contributed by atoms with van der Waals surface area (Å²) in [7, 11) is 0. The number of β-lactam (4-membered cyclic amide) rings is 1. The molecule has 2 atom stereocenters. The van der Waals surface area contributed by atoms with Crippen molar-refractivity contribution in [2.24, 2.45) is 5.16 Å². The van der Waals surface area contributed by atoms with Gasteiger partial charge in [-0.3, -0.25) is 14.5 Å². The fourth-order valence-electron chi connectivity index (χ4n) is 3.71. The molecule has 3 heterocycles. The number of nitrogen functional groups attached to an aromatic ring is 1. The van der Waals surface area contributed by atoms with Crippen LogP contribution in [-0.2, 0) is 24.0 Å². The van der Waals surface area contributed by atoms with E-state index < -0.39 is 46.5 Å². The fourth-order valence-corrected chi connectivity index (χ4v) is 5.58. The first-order chi connectivity index (χ1) is 18.9. The molecule has 0 saturated carbocycles. The first kappa shape index (κ1) is 28.3. The SMILES string of the molecule is CC(C)(ON=C(C(=O)NC1C(=O)N2C(C(=O)O)=C(C=Cc3ccccc3C#N)CS[C@H]12)c1csc(N)n1)C(=O)O. The summed E-state index contributed by atoms with van der Waals surface area (Å²) in [4.78, 5) is 60.0. The zero-order valence-corrected chi connectivity index (χ0v) is 22.7. The Bertz CT molecular complexity index is 1540. The Morgan fingerprint density at radius 1 is 1.30 bits per heavy atom. The van der Waals surface area contributed by atoms with E-state index in [1.807, 2.05) is 0 Å². The van der Waals surface area contributed by atoms with E-state index in [1.54, 1.807) is 36.4 Å². The van der Waals surface area contributed by atoms with E-state index in [0.29, 0.717) is 16.7 Å². The lowest BCUT2D eigenvalue weighted by molar-refractivity contribution is -0.161. The Kier molecular flexibility index (Phi) is 7.93. The van der Waals surface area contributed by atoms with Gasteiger partial charge in [-0.1, -0.05) is 35.5 Å². The van der Waals surface area contributed by atoms with Gasteiger partial charge in [-0.05, 0) is 31.1 Å². The topological polar surface area (TPSA) is 208 Å². The number of oxime groups is 1. The lowest BCUT2D eigenvalue weighted by Crippen LogP contribution is -2.71. The van der Waals surface area contributed by atoms with Gasteiger partial charge in [-0.15, -0.1) is 23.1 Å². The highest BCUT2D eigenvalue weighted by atomic mass is 32.2. The number of thiazole rings is 1.